The zero-order valence-corrected chi connectivity index (χ0v) is 20.3. The number of hydrogen-bond acceptors (Lipinski definition) is 8. The Labute approximate surface area is 211 Å². The summed E-state index contributed by atoms with van der Waals surface area (Å²) in [4.78, 5) is 27.8. The standard InChI is InChI=1S/C29H23NO7/c1-33-19-8-6-17(7-9-19)14-30-15-23-24(35-16-30)11-10-20-21(13-26(31)36-28(20)23)22-12-18-4-3-5-25(34-2)27(18)37-29(22)32/h3-13H,14-16H2,1-2H3. The summed E-state index contributed by atoms with van der Waals surface area (Å²) in [5.74, 6) is 1.90. The SMILES string of the molecule is COc1ccc(CN2COc3ccc4c(-c5cc6cccc(OC)c6oc5=O)cc(=O)oc4c3C2)cc1. The summed E-state index contributed by atoms with van der Waals surface area (Å²) in [7, 11) is 3.15. The van der Waals surface area contributed by atoms with Crippen LogP contribution in [0.2, 0.25) is 0 Å². The molecular weight excluding hydrogens is 474 g/mol. The van der Waals surface area contributed by atoms with Gasteiger partial charge in [-0.3, -0.25) is 4.90 Å². The monoisotopic (exact) mass is 497 g/mol. The van der Waals surface area contributed by atoms with Crippen LogP contribution >= 0.6 is 0 Å². The number of ether oxygens (including phenoxy) is 3. The smallest absolute Gasteiger partial charge is 0.344 e. The number of fused-ring (bicyclic) bond motifs is 4. The highest BCUT2D eigenvalue weighted by atomic mass is 16.5. The van der Waals surface area contributed by atoms with E-state index in [2.05, 4.69) is 4.90 Å². The van der Waals surface area contributed by atoms with E-state index in [1.807, 2.05) is 42.5 Å². The summed E-state index contributed by atoms with van der Waals surface area (Å²) in [6.45, 7) is 1.54. The van der Waals surface area contributed by atoms with Crippen LogP contribution in [0.5, 0.6) is 17.2 Å². The molecule has 0 bridgehead atoms. The maximum Gasteiger partial charge on any atom is 0.344 e. The lowest BCUT2D eigenvalue weighted by atomic mass is 9.99. The summed E-state index contributed by atoms with van der Waals surface area (Å²) in [5.41, 5.74) is 2.18. The van der Waals surface area contributed by atoms with Gasteiger partial charge in [0.2, 0.25) is 0 Å². The Morgan fingerprint density at radius 1 is 0.865 bits per heavy atom. The van der Waals surface area contributed by atoms with Crippen molar-refractivity contribution in [3.8, 4) is 28.4 Å². The lowest BCUT2D eigenvalue weighted by Crippen LogP contribution is -2.31. The predicted molar refractivity (Wildman–Crippen MR) is 138 cm³/mol. The molecule has 0 atom stereocenters. The molecule has 0 amide bonds. The van der Waals surface area contributed by atoms with Crippen LogP contribution in [0.4, 0.5) is 0 Å². The number of hydrogen-bond donors (Lipinski definition) is 0. The number of nitrogens with zero attached hydrogens (tertiary/aromatic N) is 1. The van der Waals surface area contributed by atoms with E-state index < -0.39 is 11.3 Å². The van der Waals surface area contributed by atoms with Gasteiger partial charge in [-0.15, -0.1) is 0 Å². The Bertz CT molecular complexity index is 1750. The molecule has 1 aliphatic rings. The van der Waals surface area contributed by atoms with Gasteiger partial charge in [-0.1, -0.05) is 24.3 Å². The highest BCUT2D eigenvalue weighted by Crippen LogP contribution is 2.37. The van der Waals surface area contributed by atoms with E-state index in [-0.39, 0.29) is 5.56 Å². The Morgan fingerprint density at radius 2 is 1.70 bits per heavy atom. The molecule has 0 aliphatic carbocycles. The molecule has 0 spiro atoms. The second-order valence-electron chi connectivity index (χ2n) is 8.83. The highest BCUT2D eigenvalue weighted by molar-refractivity contribution is 5.97. The van der Waals surface area contributed by atoms with Crippen LogP contribution in [0.3, 0.4) is 0 Å². The van der Waals surface area contributed by atoms with Crippen LogP contribution in [-0.2, 0) is 13.1 Å². The third kappa shape index (κ3) is 4.11. The van der Waals surface area contributed by atoms with Gasteiger partial charge in [0, 0.05) is 35.5 Å². The van der Waals surface area contributed by atoms with E-state index in [1.54, 1.807) is 25.3 Å². The molecular formula is C29H23NO7. The van der Waals surface area contributed by atoms with Gasteiger partial charge in [-0.2, -0.15) is 0 Å². The van der Waals surface area contributed by atoms with E-state index in [9.17, 15) is 9.59 Å². The maximum atomic E-state index is 13.0. The molecule has 3 aromatic carbocycles. The highest BCUT2D eigenvalue weighted by Gasteiger charge is 2.24. The number of benzene rings is 3. The van der Waals surface area contributed by atoms with Gasteiger partial charge in [-0.05, 0) is 42.0 Å². The third-order valence-corrected chi connectivity index (χ3v) is 6.56. The van der Waals surface area contributed by atoms with Crippen LogP contribution in [0.15, 0.2) is 85.2 Å². The Morgan fingerprint density at radius 3 is 2.49 bits per heavy atom. The van der Waals surface area contributed by atoms with Crippen LogP contribution in [0.1, 0.15) is 11.1 Å². The van der Waals surface area contributed by atoms with E-state index in [0.717, 1.165) is 16.9 Å². The Hall–Kier alpha value is -4.56. The van der Waals surface area contributed by atoms with Gasteiger partial charge in [0.05, 0.1) is 25.3 Å². The largest absolute Gasteiger partial charge is 0.497 e. The normalized spacial score (nSPS) is 13.4. The van der Waals surface area contributed by atoms with Gasteiger partial charge in [0.25, 0.3) is 0 Å². The van der Waals surface area contributed by atoms with E-state index in [0.29, 0.717) is 58.8 Å². The molecule has 0 fully saturated rings. The Balaban J connectivity index is 1.43. The summed E-state index contributed by atoms with van der Waals surface area (Å²) >= 11 is 0. The van der Waals surface area contributed by atoms with Crippen LogP contribution in [0.25, 0.3) is 33.1 Å². The molecule has 1 aliphatic heterocycles. The fourth-order valence-corrected chi connectivity index (χ4v) is 4.76. The van der Waals surface area contributed by atoms with Crippen molar-refractivity contribution in [2.75, 3.05) is 21.0 Å². The van der Waals surface area contributed by atoms with Crippen molar-refractivity contribution in [2.24, 2.45) is 0 Å². The van der Waals surface area contributed by atoms with Crippen molar-refractivity contribution < 1.29 is 23.0 Å². The summed E-state index contributed by atoms with van der Waals surface area (Å²) in [6, 6.07) is 19.9. The third-order valence-electron chi connectivity index (χ3n) is 6.56. The zero-order chi connectivity index (χ0) is 25.5. The van der Waals surface area contributed by atoms with Crippen LogP contribution in [-0.4, -0.2) is 25.9 Å². The molecule has 0 saturated carbocycles. The average molecular weight is 498 g/mol. The van der Waals surface area contributed by atoms with E-state index in [4.69, 9.17) is 23.0 Å². The molecule has 6 rings (SSSR count). The van der Waals surface area contributed by atoms with Gasteiger partial charge in [0.15, 0.2) is 11.3 Å². The maximum absolute atomic E-state index is 13.0. The van der Waals surface area contributed by atoms with Crippen molar-refractivity contribution in [2.45, 2.75) is 13.1 Å². The number of rotatable bonds is 5. The summed E-state index contributed by atoms with van der Waals surface area (Å²) in [6.07, 6.45) is 0. The minimum absolute atomic E-state index is 0.269. The van der Waals surface area contributed by atoms with Crippen LogP contribution < -0.4 is 25.5 Å². The molecule has 37 heavy (non-hydrogen) atoms. The van der Waals surface area contributed by atoms with Crippen molar-refractivity contribution in [3.05, 3.63) is 98.7 Å². The predicted octanol–water partition coefficient (Wildman–Crippen LogP) is 4.94. The topological polar surface area (TPSA) is 91.4 Å². The van der Waals surface area contributed by atoms with Gasteiger partial charge in [-0.25, -0.2) is 9.59 Å². The quantitative estimate of drug-likeness (QED) is 0.316. The fraction of sp³-hybridized carbons (Fsp3) is 0.172. The molecule has 3 heterocycles. The van der Waals surface area contributed by atoms with Gasteiger partial charge < -0.3 is 23.0 Å². The summed E-state index contributed by atoms with van der Waals surface area (Å²) in [5, 5.41) is 1.31. The number of para-hydroxylation sites is 1. The average Bonchev–Trinajstić information content (AvgIpc) is 2.92. The first-order valence-corrected chi connectivity index (χ1v) is 11.7. The molecule has 0 saturated heterocycles. The van der Waals surface area contributed by atoms with Crippen molar-refractivity contribution in [1.82, 2.24) is 4.90 Å². The second kappa shape index (κ2) is 9.15. The first-order valence-electron chi connectivity index (χ1n) is 11.7. The molecule has 0 radical (unpaired) electrons. The lowest BCUT2D eigenvalue weighted by Gasteiger charge is -2.29. The molecule has 8 heteroatoms. The molecule has 2 aromatic heterocycles. The first kappa shape index (κ1) is 22.9. The minimum atomic E-state index is -0.570. The second-order valence-corrected chi connectivity index (χ2v) is 8.83. The van der Waals surface area contributed by atoms with E-state index >= 15 is 0 Å². The Kier molecular flexibility index (Phi) is 5.65. The molecule has 8 nitrogen and oxygen atoms in total. The zero-order valence-electron chi connectivity index (χ0n) is 20.3. The van der Waals surface area contributed by atoms with Gasteiger partial charge in [0.1, 0.15) is 23.8 Å². The minimum Gasteiger partial charge on any atom is -0.497 e. The fourth-order valence-electron chi connectivity index (χ4n) is 4.76. The molecule has 0 N–H and O–H groups in total. The summed E-state index contributed by atoms with van der Waals surface area (Å²) < 4.78 is 27.9. The molecule has 186 valence electrons. The molecule has 0 unspecified atom stereocenters. The number of methoxy groups -OCH3 is 2. The molecule has 5 aromatic rings. The van der Waals surface area contributed by atoms with Crippen molar-refractivity contribution >= 4 is 21.9 Å². The van der Waals surface area contributed by atoms with E-state index in [1.165, 1.54) is 13.2 Å². The van der Waals surface area contributed by atoms with Crippen molar-refractivity contribution in [3.63, 3.8) is 0 Å². The van der Waals surface area contributed by atoms with Crippen molar-refractivity contribution in [1.29, 1.82) is 0 Å². The van der Waals surface area contributed by atoms with Gasteiger partial charge >= 0.3 is 11.3 Å². The van der Waals surface area contributed by atoms with Crippen LogP contribution in [0, 0.1) is 0 Å². The first-order chi connectivity index (χ1) is 18.0. The lowest BCUT2D eigenvalue weighted by molar-refractivity contribution is 0.0889.